The molecule has 0 unspecified atom stereocenters. The molecule has 0 bridgehead atoms. The van der Waals surface area contributed by atoms with Gasteiger partial charge >= 0.3 is 5.97 Å². The lowest BCUT2D eigenvalue weighted by molar-refractivity contribution is -0.385. The van der Waals surface area contributed by atoms with Crippen LogP contribution in [0.25, 0.3) is 0 Å². The van der Waals surface area contributed by atoms with Crippen LogP contribution in [0.4, 0.5) is 5.69 Å². The first kappa shape index (κ1) is 14.4. The minimum absolute atomic E-state index is 0.255. The van der Waals surface area contributed by atoms with Crippen LogP contribution in [0.3, 0.4) is 0 Å². The molecule has 1 N–H and O–H groups in total. The first-order valence-corrected chi connectivity index (χ1v) is 6.38. The van der Waals surface area contributed by atoms with Gasteiger partial charge in [-0.1, -0.05) is 6.07 Å². The van der Waals surface area contributed by atoms with E-state index < -0.39 is 10.9 Å². The zero-order valence-corrected chi connectivity index (χ0v) is 10.9. The van der Waals surface area contributed by atoms with Crippen LogP contribution in [0, 0.1) is 10.1 Å². The molecule has 0 atom stereocenters. The number of carbonyl (C=O) groups is 1. The summed E-state index contributed by atoms with van der Waals surface area (Å²) >= 11 is 0. The number of hydrogen-bond acceptors (Lipinski definition) is 5. The Morgan fingerprint density at radius 2 is 2.10 bits per heavy atom. The normalized spacial score (nSPS) is 16.0. The lowest BCUT2D eigenvalue weighted by Gasteiger charge is -2.26. The van der Waals surface area contributed by atoms with Gasteiger partial charge in [0.15, 0.2) is 0 Å². The maximum Gasteiger partial charge on any atom is 0.342 e. The number of rotatable bonds is 5. The molecule has 0 saturated carbocycles. The highest BCUT2D eigenvalue weighted by Crippen LogP contribution is 2.20. The lowest BCUT2D eigenvalue weighted by Crippen LogP contribution is -2.37. The predicted octanol–water partition coefficient (Wildman–Crippen LogP) is 1.17. The molecule has 1 fully saturated rings. The molecular formula is C13H16N2O5. The smallest absolute Gasteiger partial charge is 0.342 e. The Hall–Kier alpha value is -1.99. The summed E-state index contributed by atoms with van der Waals surface area (Å²) in [4.78, 5) is 23.4. The van der Waals surface area contributed by atoms with E-state index >= 15 is 0 Å². The van der Waals surface area contributed by atoms with Crippen molar-refractivity contribution in [2.75, 3.05) is 32.8 Å². The minimum Gasteiger partial charge on any atom is -0.477 e. The fourth-order valence-electron chi connectivity index (χ4n) is 2.18. The summed E-state index contributed by atoms with van der Waals surface area (Å²) in [7, 11) is 0. The summed E-state index contributed by atoms with van der Waals surface area (Å²) in [5.74, 6) is -1.27. The van der Waals surface area contributed by atoms with E-state index in [1.165, 1.54) is 12.1 Å². The molecule has 1 aromatic carbocycles. The topological polar surface area (TPSA) is 92.9 Å². The molecular weight excluding hydrogens is 264 g/mol. The van der Waals surface area contributed by atoms with Crippen molar-refractivity contribution in [1.82, 2.24) is 4.90 Å². The summed E-state index contributed by atoms with van der Waals surface area (Å²) < 4.78 is 5.25. The van der Waals surface area contributed by atoms with Crippen LogP contribution in [0.5, 0.6) is 0 Å². The number of ether oxygens (including phenoxy) is 1. The van der Waals surface area contributed by atoms with E-state index in [2.05, 4.69) is 4.90 Å². The summed E-state index contributed by atoms with van der Waals surface area (Å²) in [6.45, 7) is 3.93. The van der Waals surface area contributed by atoms with E-state index in [0.717, 1.165) is 25.2 Å². The zero-order chi connectivity index (χ0) is 14.5. The van der Waals surface area contributed by atoms with Crippen molar-refractivity contribution in [3.8, 4) is 0 Å². The zero-order valence-electron chi connectivity index (χ0n) is 10.9. The average Bonchev–Trinajstić information content (AvgIpc) is 2.45. The molecule has 20 heavy (non-hydrogen) atoms. The van der Waals surface area contributed by atoms with Crippen molar-refractivity contribution in [1.29, 1.82) is 0 Å². The molecule has 1 aliphatic rings. The number of carboxylic acids is 1. The van der Waals surface area contributed by atoms with Gasteiger partial charge in [-0.05, 0) is 18.1 Å². The fourth-order valence-corrected chi connectivity index (χ4v) is 2.18. The second-order valence-corrected chi connectivity index (χ2v) is 4.62. The molecule has 0 spiro atoms. The largest absolute Gasteiger partial charge is 0.477 e. The third-order valence-corrected chi connectivity index (χ3v) is 3.31. The third-order valence-electron chi connectivity index (χ3n) is 3.31. The van der Waals surface area contributed by atoms with E-state index in [4.69, 9.17) is 9.84 Å². The Labute approximate surface area is 115 Å². The van der Waals surface area contributed by atoms with Gasteiger partial charge in [-0.25, -0.2) is 4.79 Å². The van der Waals surface area contributed by atoms with Gasteiger partial charge in [-0.3, -0.25) is 15.0 Å². The second-order valence-electron chi connectivity index (χ2n) is 4.62. The van der Waals surface area contributed by atoms with Crippen molar-refractivity contribution >= 4 is 11.7 Å². The Morgan fingerprint density at radius 3 is 2.70 bits per heavy atom. The van der Waals surface area contributed by atoms with E-state index in [0.29, 0.717) is 19.6 Å². The predicted molar refractivity (Wildman–Crippen MR) is 71.0 cm³/mol. The van der Waals surface area contributed by atoms with Gasteiger partial charge < -0.3 is 9.84 Å². The Morgan fingerprint density at radius 1 is 1.40 bits per heavy atom. The number of hydrogen-bond donors (Lipinski definition) is 1. The standard InChI is InChI=1S/C13H16N2O5/c16-13(17)11-9-10(1-2-12(11)15(18)19)3-4-14-5-7-20-8-6-14/h1-2,9H,3-8H2,(H,16,17). The molecule has 7 nitrogen and oxygen atoms in total. The summed E-state index contributed by atoms with van der Waals surface area (Å²) in [6, 6.07) is 4.27. The monoisotopic (exact) mass is 280 g/mol. The van der Waals surface area contributed by atoms with Crippen molar-refractivity contribution < 1.29 is 19.6 Å². The van der Waals surface area contributed by atoms with E-state index in [-0.39, 0.29) is 11.3 Å². The highest BCUT2D eigenvalue weighted by molar-refractivity contribution is 5.92. The number of nitrogens with zero attached hydrogens (tertiary/aromatic N) is 2. The van der Waals surface area contributed by atoms with Crippen molar-refractivity contribution in [3.05, 3.63) is 39.4 Å². The first-order chi connectivity index (χ1) is 9.58. The maximum atomic E-state index is 11.1. The lowest BCUT2D eigenvalue weighted by atomic mass is 10.1. The van der Waals surface area contributed by atoms with Crippen LogP contribution in [0.2, 0.25) is 0 Å². The molecule has 1 aliphatic heterocycles. The summed E-state index contributed by atoms with van der Waals surface area (Å²) in [5.41, 5.74) is 0.168. The van der Waals surface area contributed by atoms with Gasteiger partial charge in [0, 0.05) is 25.7 Å². The van der Waals surface area contributed by atoms with Gasteiger partial charge in [0.25, 0.3) is 5.69 Å². The SMILES string of the molecule is O=C(O)c1cc(CCN2CCOCC2)ccc1[N+](=O)[O-]. The number of morpholine rings is 1. The molecule has 2 rings (SSSR count). The van der Waals surface area contributed by atoms with Crippen molar-refractivity contribution in [2.24, 2.45) is 0 Å². The van der Waals surface area contributed by atoms with Crippen LogP contribution in [0.1, 0.15) is 15.9 Å². The molecule has 1 saturated heterocycles. The van der Waals surface area contributed by atoms with Crippen molar-refractivity contribution in [3.63, 3.8) is 0 Å². The summed E-state index contributed by atoms with van der Waals surface area (Å²) in [6.07, 6.45) is 0.665. The highest BCUT2D eigenvalue weighted by atomic mass is 16.6. The van der Waals surface area contributed by atoms with E-state index in [9.17, 15) is 14.9 Å². The number of carboxylic acid groups (broad SMARTS) is 1. The van der Waals surface area contributed by atoms with E-state index in [1.807, 2.05) is 0 Å². The van der Waals surface area contributed by atoms with Crippen molar-refractivity contribution in [2.45, 2.75) is 6.42 Å². The van der Waals surface area contributed by atoms with Gasteiger partial charge in [-0.15, -0.1) is 0 Å². The van der Waals surface area contributed by atoms with Gasteiger partial charge in [0.1, 0.15) is 5.56 Å². The van der Waals surface area contributed by atoms with Crippen LogP contribution in [0.15, 0.2) is 18.2 Å². The Bertz CT molecular complexity index is 511. The van der Waals surface area contributed by atoms with Crippen LogP contribution >= 0.6 is 0 Å². The number of nitro groups is 1. The molecule has 0 radical (unpaired) electrons. The molecule has 1 heterocycles. The fraction of sp³-hybridized carbons (Fsp3) is 0.462. The molecule has 0 aromatic heterocycles. The maximum absolute atomic E-state index is 11.1. The Kier molecular flexibility index (Phi) is 4.65. The van der Waals surface area contributed by atoms with Crippen LogP contribution in [-0.4, -0.2) is 53.7 Å². The van der Waals surface area contributed by atoms with Gasteiger partial charge in [0.2, 0.25) is 0 Å². The molecule has 7 heteroatoms. The third kappa shape index (κ3) is 3.52. The Balaban J connectivity index is 2.06. The van der Waals surface area contributed by atoms with Crippen LogP contribution < -0.4 is 0 Å². The van der Waals surface area contributed by atoms with Gasteiger partial charge in [-0.2, -0.15) is 0 Å². The second kappa shape index (κ2) is 6.44. The molecule has 1 aromatic rings. The summed E-state index contributed by atoms with van der Waals surface area (Å²) in [5, 5.41) is 19.8. The highest BCUT2D eigenvalue weighted by Gasteiger charge is 2.20. The van der Waals surface area contributed by atoms with E-state index in [1.54, 1.807) is 6.07 Å². The molecule has 0 aliphatic carbocycles. The average molecular weight is 280 g/mol. The van der Waals surface area contributed by atoms with Gasteiger partial charge in [0.05, 0.1) is 18.1 Å². The number of aromatic carboxylic acids is 1. The quantitative estimate of drug-likeness (QED) is 0.642. The molecule has 108 valence electrons. The minimum atomic E-state index is -1.27. The molecule has 0 amide bonds. The van der Waals surface area contributed by atoms with Crippen LogP contribution in [-0.2, 0) is 11.2 Å². The number of nitro benzene ring substituents is 1. The number of benzene rings is 1. The first-order valence-electron chi connectivity index (χ1n) is 6.38.